The average molecular weight is 385 g/mol. The predicted octanol–water partition coefficient (Wildman–Crippen LogP) is 2.45. The fourth-order valence-electron chi connectivity index (χ4n) is 2.67. The third-order valence-electron chi connectivity index (χ3n) is 4.08. The maximum absolute atomic E-state index is 12.7. The van der Waals surface area contributed by atoms with Crippen molar-refractivity contribution in [3.8, 4) is 0 Å². The van der Waals surface area contributed by atoms with Crippen LogP contribution in [0.2, 0.25) is 0 Å². The molecule has 1 fully saturated rings. The lowest BCUT2D eigenvalue weighted by Crippen LogP contribution is -2.50. The van der Waals surface area contributed by atoms with E-state index in [2.05, 4.69) is 0 Å². The van der Waals surface area contributed by atoms with Crippen LogP contribution in [0, 0.1) is 0 Å². The largest absolute Gasteiger partial charge is 0.340 e. The second-order valence-corrected chi connectivity index (χ2v) is 9.98. The van der Waals surface area contributed by atoms with E-state index >= 15 is 0 Å². The Morgan fingerprint density at radius 1 is 1.12 bits per heavy atom. The van der Waals surface area contributed by atoms with Gasteiger partial charge >= 0.3 is 0 Å². The van der Waals surface area contributed by atoms with Crippen LogP contribution in [-0.2, 0) is 27.7 Å². The molecular weight excluding hydrogens is 364 g/mol. The Hall–Kier alpha value is -1.22. The molecule has 1 aliphatic heterocycles. The Morgan fingerprint density at radius 3 is 2.46 bits per heavy atom. The summed E-state index contributed by atoms with van der Waals surface area (Å²) in [4.78, 5) is 16.2. The van der Waals surface area contributed by atoms with Gasteiger partial charge in [0.15, 0.2) is 0 Å². The van der Waals surface area contributed by atoms with Gasteiger partial charge in [0.1, 0.15) is 4.21 Å². The summed E-state index contributed by atoms with van der Waals surface area (Å²) in [5, 5.41) is 1.96. The average Bonchev–Trinajstić information content (AvgIpc) is 3.26. The van der Waals surface area contributed by atoms with E-state index in [1.165, 1.54) is 15.6 Å². The van der Waals surface area contributed by atoms with Gasteiger partial charge in [0.05, 0.1) is 6.42 Å². The van der Waals surface area contributed by atoms with Crippen molar-refractivity contribution in [2.45, 2.75) is 24.0 Å². The van der Waals surface area contributed by atoms with Crippen LogP contribution in [0.3, 0.4) is 0 Å². The Morgan fingerprint density at radius 2 is 1.88 bits per heavy atom. The number of amides is 1. The highest BCUT2D eigenvalue weighted by atomic mass is 32.2. The van der Waals surface area contributed by atoms with Gasteiger partial charge in [-0.15, -0.1) is 22.7 Å². The summed E-state index contributed by atoms with van der Waals surface area (Å²) in [7, 11) is -3.43. The van der Waals surface area contributed by atoms with Crippen LogP contribution < -0.4 is 0 Å². The second kappa shape index (κ2) is 7.35. The Balaban J connectivity index is 1.61. The minimum Gasteiger partial charge on any atom is -0.340 e. The van der Waals surface area contributed by atoms with Gasteiger partial charge in [0.25, 0.3) is 10.0 Å². The third kappa shape index (κ3) is 3.72. The molecule has 24 heavy (non-hydrogen) atoms. The molecule has 1 aliphatic rings. The van der Waals surface area contributed by atoms with Gasteiger partial charge in [0.2, 0.25) is 5.91 Å². The zero-order valence-corrected chi connectivity index (χ0v) is 15.9. The number of carbonyl (C=O) groups is 1. The highest BCUT2D eigenvalue weighted by Crippen LogP contribution is 2.26. The molecule has 8 heteroatoms. The minimum atomic E-state index is -3.43. The monoisotopic (exact) mass is 384 g/mol. The predicted molar refractivity (Wildman–Crippen MR) is 97.1 cm³/mol. The second-order valence-electron chi connectivity index (χ2n) is 5.62. The fourth-order valence-corrected chi connectivity index (χ4v) is 6.23. The Bertz CT molecular complexity index is 788. The smallest absolute Gasteiger partial charge is 0.252 e. The van der Waals surface area contributed by atoms with Crippen LogP contribution in [0.5, 0.6) is 0 Å². The fraction of sp³-hybridized carbons (Fsp3) is 0.438. The number of piperazine rings is 1. The van der Waals surface area contributed by atoms with E-state index < -0.39 is 10.0 Å². The molecule has 1 saturated heterocycles. The van der Waals surface area contributed by atoms with E-state index in [9.17, 15) is 13.2 Å². The SMILES string of the molecule is CCc1ccc(S(=O)(=O)N2CCN(C(=O)Cc3cccs3)CC2)s1. The maximum atomic E-state index is 12.7. The lowest BCUT2D eigenvalue weighted by molar-refractivity contribution is -0.131. The van der Waals surface area contributed by atoms with Crippen molar-refractivity contribution in [3.05, 3.63) is 39.4 Å². The number of carbonyl (C=O) groups excluding carboxylic acids is 1. The molecule has 0 aliphatic carbocycles. The van der Waals surface area contributed by atoms with Crippen molar-refractivity contribution >= 4 is 38.6 Å². The molecule has 0 bridgehead atoms. The lowest BCUT2D eigenvalue weighted by atomic mass is 10.3. The first-order chi connectivity index (χ1) is 11.5. The molecule has 0 atom stereocenters. The molecular formula is C16H20N2O3S3. The molecule has 130 valence electrons. The number of nitrogens with zero attached hydrogens (tertiary/aromatic N) is 2. The molecule has 2 aromatic rings. The van der Waals surface area contributed by atoms with E-state index in [-0.39, 0.29) is 5.91 Å². The van der Waals surface area contributed by atoms with Gasteiger partial charge in [-0.1, -0.05) is 13.0 Å². The van der Waals surface area contributed by atoms with Gasteiger partial charge < -0.3 is 4.90 Å². The molecule has 3 rings (SSSR count). The van der Waals surface area contributed by atoms with Crippen LogP contribution in [0.4, 0.5) is 0 Å². The minimum absolute atomic E-state index is 0.0684. The summed E-state index contributed by atoms with van der Waals surface area (Å²) in [5.41, 5.74) is 0. The van der Waals surface area contributed by atoms with Crippen LogP contribution in [0.15, 0.2) is 33.9 Å². The van der Waals surface area contributed by atoms with E-state index in [1.54, 1.807) is 22.3 Å². The molecule has 2 aromatic heterocycles. The zero-order chi connectivity index (χ0) is 17.2. The van der Waals surface area contributed by atoms with E-state index in [0.717, 1.165) is 16.2 Å². The number of rotatable bonds is 5. The van der Waals surface area contributed by atoms with Gasteiger partial charge in [-0.3, -0.25) is 4.79 Å². The molecule has 0 unspecified atom stereocenters. The number of hydrogen-bond donors (Lipinski definition) is 0. The summed E-state index contributed by atoms with van der Waals surface area (Å²) in [5.74, 6) is 0.0684. The highest BCUT2D eigenvalue weighted by molar-refractivity contribution is 7.91. The van der Waals surface area contributed by atoms with Crippen molar-refractivity contribution in [2.24, 2.45) is 0 Å². The van der Waals surface area contributed by atoms with E-state index in [1.807, 2.05) is 30.5 Å². The number of hydrogen-bond acceptors (Lipinski definition) is 5. The van der Waals surface area contributed by atoms with E-state index in [4.69, 9.17) is 0 Å². The number of aryl methyl sites for hydroxylation is 1. The summed E-state index contributed by atoms with van der Waals surface area (Å²) in [6.07, 6.45) is 1.24. The molecule has 0 spiro atoms. The molecule has 0 aromatic carbocycles. The summed E-state index contributed by atoms with van der Waals surface area (Å²) in [6, 6.07) is 7.44. The number of thiophene rings is 2. The van der Waals surface area contributed by atoms with Crippen molar-refractivity contribution < 1.29 is 13.2 Å². The highest BCUT2D eigenvalue weighted by Gasteiger charge is 2.31. The molecule has 0 N–H and O–H groups in total. The van der Waals surface area contributed by atoms with Crippen LogP contribution in [0.25, 0.3) is 0 Å². The van der Waals surface area contributed by atoms with Gasteiger partial charge in [0, 0.05) is 35.9 Å². The van der Waals surface area contributed by atoms with E-state index in [0.29, 0.717) is 36.8 Å². The molecule has 1 amide bonds. The Labute approximate surface area is 150 Å². The summed E-state index contributed by atoms with van der Waals surface area (Å²) >= 11 is 2.90. The standard InChI is InChI=1S/C16H20N2O3S3/c1-2-13-5-6-16(23-13)24(20,21)18-9-7-17(8-10-18)15(19)12-14-4-3-11-22-14/h3-6,11H,2,7-10,12H2,1H3. The molecule has 3 heterocycles. The van der Waals surface area contributed by atoms with Crippen molar-refractivity contribution in [1.82, 2.24) is 9.21 Å². The van der Waals surface area contributed by atoms with Crippen molar-refractivity contribution in [2.75, 3.05) is 26.2 Å². The van der Waals surface area contributed by atoms with Crippen molar-refractivity contribution in [1.29, 1.82) is 0 Å². The number of sulfonamides is 1. The lowest BCUT2D eigenvalue weighted by Gasteiger charge is -2.33. The Kier molecular flexibility index (Phi) is 5.39. The van der Waals surface area contributed by atoms with Crippen LogP contribution in [0.1, 0.15) is 16.7 Å². The quantitative estimate of drug-likeness (QED) is 0.796. The summed E-state index contributed by atoms with van der Waals surface area (Å²) in [6.45, 7) is 3.64. The third-order valence-corrected chi connectivity index (χ3v) is 8.55. The molecule has 5 nitrogen and oxygen atoms in total. The van der Waals surface area contributed by atoms with Gasteiger partial charge in [-0.2, -0.15) is 4.31 Å². The first-order valence-electron chi connectivity index (χ1n) is 7.89. The van der Waals surface area contributed by atoms with Gasteiger partial charge in [-0.25, -0.2) is 8.42 Å². The van der Waals surface area contributed by atoms with Crippen LogP contribution >= 0.6 is 22.7 Å². The van der Waals surface area contributed by atoms with Crippen LogP contribution in [-0.4, -0.2) is 49.7 Å². The maximum Gasteiger partial charge on any atom is 0.252 e. The molecule has 0 radical (unpaired) electrons. The molecule has 0 saturated carbocycles. The first-order valence-corrected chi connectivity index (χ1v) is 11.0. The van der Waals surface area contributed by atoms with Crippen molar-refractivity contribution in [3.63, 3.8) is 0 Å². The first kappa shape index (κ1) is 17.6. The summed E-state index contributed by atoms with van der Waals surface area (Å²) < 4.78 is 27.3. The van der Waals surface area contributed by atoms with Gasteiger partial charge in [-0.05, 0) is 30.0 Å². The topological polar surface area (TPSA) is 57.7 Å². The zero-order valence-electron chi connectivity index (χ0n) is 13.5. The normalized spacial score (nSPS) is 16.5.